The molecule has 1 fully saturated rings. The van der Waals surface area contributed by atoms with Crippen LogP contribution in [0.25, 0.3) is 27.8 Å². The minimum Gasteiger partial charge on any atom is -0.203 e. The van der Waals surface area contributed by atoms with Crippen molar-refractivity contribution in [1.29, 1.82) is 0 Å². The van der Waals surface area contributed by atoms with E-state index in [1.54, 1.807) is 55.5 Å². The summed E-state index contributed by atoms with van der Waals surface area (Å²) >= 11 is 0. The second kappa shape index (κ2) is 13.2. The maximum Gasteiger partial charge on any atom is 0.167 e. The van der Waals surface area contributed by atoms with E-state index in [-0.39, 0.29) is 11.1 Å². The number of hydrogen-bond donors (Lipinski definition) is 0. The molecule has 0 amide bonds. The quantitative estimate of drug-likeness (QED) is 0.190. The molecule has 0 bridgehead atoms. The van der Waals surface area contributed by atoms with Gasteiger partial charge in [0, 0.05) is 16.7 Å². The molecule has 216 valence electrons. The first-order chi connectivity index (χ1) is 19.9. The molecule has 0 nitrogen and oxygen atoms in total. The molecule has 4 heteroatoms. The van der Waals surface area contributed by atoms with E-state index in [0.717, 1.165) is 36.7 Å². The second-order valence-electron chi connectivity index (χ2n) is 11.8. The largest absolute Gasteiger partial charge is 0.203 e. The summed E-state index contributed by atoms with van der Waals surface area (Å²) in [6, 6.07) is 12.9. The SMILES string of the molecule is CC=CCCC1CCC(C2CC=C(c3ccc(-c4ccc(-c5ccc(CC)c(F)c5F)cc4)c(F)c3F)CC2)CC1. The molecule has 3 aromatic carbocycles. The zero-order valence-corrected chi connectivity index (χ0v) is 24.2. The average molecular weight is 561 g/mol. The fourth-order valence-electron chi connectivity index (χ4n) is 6.91. The smallest absolute Gasteiger partial charge is 0.167 e. The molecular weight excluding hydrogens is 520 g/mol. The zero-order chi connectivity index (χ0) is 28.9. The fourth-order valence-corrected chi connectivity index (χ4v) is 6.91. The summed E-state index contributed by atoms with van der Waals surface area (Å²) < 4.78 is 59.6. The monoisotopic (exact) mass is 560 g/mol. The van der Waals surface area contributed by atoms with Crippen molar-refractivity contribution in [1.82, 2.24) is 0 Å². The summed E-state index contributed by atoms with van der Waals surface area (Å²) in [5.74, 6) is -1.20. The lowest BCUT2D eigenvalue weighted by Crippen LogP contribution is -2.23. The molecule has 0 heterocycles. The molecule has 0 saturated heterocycles. The first-order valence-electron chi connectivity index (χ1n) is 15.3. The third-order valence-electron chi connectivity index (χ3n) is 9.47. The van der Waals surface area contributed by atoms with Crippen molar-refractivity contribution >= 4 is 5.57 Å². The molecule has 2 aliphatic rings. The highest BCUT2D eigenvalue weighted by Gasteiger charge is 2.29. The van der Waals surface area contributed by atoms with E-state index in [1.807, 2.05) is 0 Å². The fraction of sp³-hybridized carbons (Fsp3) is 0.405. The molecule has 1 atom stereocenters. The Morgan fingerprint density at radius 2 is 1.27 bits per heavy atom. The minimum atomic E-state index is -0.894. The van der Waals surface area contributed by atoms with Crippen LogP contribution in [0.15, 0.2) is 66.8 Å². The zero-order valence-electron chi connectivity index (χ0n) is 24.2. The van der Waals surface area contributed by atoms with Crippen molar-refractivity contribution in [2.24, 2.45) is 17.8 Å². The molecule has 0 N–H and O–H groups in total. The summed E-state index contributed by atoms with van der Waals surface area (Å²) in [7, 11) is 0. The average Bonchev–Trinajstić information content (AvgIpc) is 3.01. The molecule has 1 unspecified atom stereocenters. The van der Waals surface area contributed by atoms with Crippen LogP contribution in [0.2, 0.25) is 0 Å². The Bertz CT molecular complexity index is 1410. The molecule has 2 aliphatic carbocycles. The topological polar surface area (TPSA) is 0 Å². The molecular formula is C37H40F4. The van der Waals surface area contributed by atoms with Crippen LogP contribution in [0, 0.1) is 41.0 Å². The van der Waals surface area contributed by atoms with Crippen LogP contribution >= 0.6 is 0 Å². The van der Waals surface area contributed by atoms with Gasteiger partial charge in [0.1, 0.15) is 0 Å². The van der Waals surface area contributed by atoms with Gasteiger partial charge >= 0.3 is 0 Å². The highest BCUT2D eigenvalue weighted by atomic mass is 19.2. The van der Waals surface area contributed by atoms with E-state index < -0.39 is 23.3 Å². The van der Waals surface area contributed by atoms with Gasteiger partial charge in [-0.1, -0.05) is 86.5 Å². The predicted molar refractivity (Wildman–Crippen MR) is 161 cm³/mol. The molecule has 0 aliphatic heterocycles. The Kier molecular flexibility index (Phi) is 9.47. The number of rotatable bonds is 8. The summed E-state index contributed by atoms with van der Waals surface area (Å²) in [6.45, 7) is 3.85. The van der Waals surface area contributed by atoms with Crippen molar-refractivity contribution < 1.29 is 17.6 Å². The van der Waals surface area contributed by atoms with Gasteiger partial charge in [-0.15, -0.1) is 0 Å². The Morgan fingerprint density at radius 1 is 0.683 bits per heavy atom. The van der Waals surface area contributed by atoms with Gasteiger partial charge in [-0.25, -0.2) is 17.6 Å². The van der Waals surface area contributed by atoms with Crippen LogP contribution in [0.1, 0.15) is 82.8 Å². The molecule has 0 spiro atoms. The molecule has 41 heavy (non-hydrogen) atoms. The van der Waals surface area contributed by atoms with E-state index >= 15 is 8.78 Å². The second-order valence-corrected chi connectivity index (χ2v) is 11.8. The number of halogens is 4. The number of allylic oxidation sites excluding steroid dienone is 4. The van der Waals surface area contributed by atoms with Gasteiger partial charge < -0.3 is 0 Å². The van der Waals surface area contributed by atoms with Crippen LogP contribution in [0.3, 0.4) is 0 Å². The molecule has 5 rings (SSSR count). The number of hydrogen-bond acceptors (Lipinski definition) is 0. The van der Waals surface area contributed by atoms with Crippen molar-refractivity contribution in [3.05, 3.63) is 101 Å². The highest BCUT2D eigenvalue weighted by molar-refractivity contribution is 5.74. The Labute approximate surface area is 242 Å². The lowest BCUT2D eigenvalue weighted by atomic mass is 9.70. The van der Waals surface area contributed by atoms with Gasteiger partial charge in [0.2, 0.25) is 0 Å². The van der Waals surface area contributed by atoms with Crippen molar-refractivity contribution in [3.8, 4) is 22.3 Å². The lowest BCUT2D eigenvalue weighted by molar-refractivity contribution is 0.190. The lowest BCUT2D eigenvalue weighted by Gasteiger charge is -2.35. The van der Waals surface area contributed by atoms with Gasteiger partial charge in [-0.3, -0.25) is 0 Å². The van der Waals surface area contributed by atoms with Gasteiger partial charge in [0.15, 0.2) is 23.3 Å². The first-order valence-corrected chi connectivity index (χ1v) is 15.3. The predicted octanol–water partition coefficient (Wildman–Crippen LogP) is 11.5. The summed E-state index contributed by atoms with van der Waals surface area (Å²) in [4.78, 5) is 0. The summed E-state index contributed by atoms with van der Waals surface area (Å²) in [5, 5.41) is 0. The van der Waals surface area contributed by atoms with E-state index in [4.69, 9.17) is 0 Å². The first kappa shape index (κ1) is 29.4. The maximum atomic E-state index is 15.4. The molecule has 1 saturated carbocycles. The summed E-state index contributed by atoms with van der Waals surface area (Å²) in [5.41, 5.74) is 2.84. The van der Waals surface area contributed by atoms with Crippen molar-refractivity contribution in [3.63, 3.8) is 0 Å². The van der Waals surface area contributed by atoms with E-state index in [1.165, 1.54) is 38.5 Å². The van der Waals surface area contributed by atoms with Crippen molar-refractivity contribution in [2.75, 3.05) is 0 Å². The van der Waals surface area contributed by atoms with E-state index in [2.05, 4.69) is 25.2 Å². The molecule has 0 radical (unpaired) electrons. The minimum absolute atomic E-state index is 0.147. The standard InChI is InChI=1S/C37H40F4/c1-3-5-6-7-24-8-10-26(11-9-24)27-12-14-28(15-13-27)32-22-23-33(37(41)36(32)40)30-18-16-29(17-19-30)31-21-20-25(4-2)34(38)35(31)39/h3,5,14,16-24,26-27H,4,6-13,15H2,1-2H3. The van der Waals surface area contributed by atoms with E-state index in [0.29, 0.717) is 34.6 Å². The number of aryl methyl sites for hydroxylation is 1. The Morgan fingerprint density at radius 3 is 1.85 bits per heavy atom. The Hall–Kier alpha value is -3.14. The normalized spacial score (nSPS) is 21.3. The summed E-state index contributed by atoms with van der Waals surface area (Å²) in [6.07, 6.45) is 17.4. The number of benzene rings is 3. The van der Waals surface area contributed by atoms with Crippen LogP contribution in [0.5, 0.6) is 0 Å². The van der Waals surface area contributed by atoms with Crippen LogP contribution in [-0.2, 0) is 6.42 Å². The van der Waals surface area contributed by atoms with Crippen LogP contribution < -0.4 is 0 Å². The Balaban J connectivity index is 1.25. The van der Waals surface area contributed by atoms with Crippen LogP contribution in [0.4, 0.5) is 17.6 Å². The molecule has 3 aromatic rings. The third-order valence-corrected chi connectivity index (χ3v) is 9.47. The van der Waals surface area contributed by atoms with Gasteiger partial charge in [-0.05, 0) is 98.3 Å². The maximum absolute atomic E-state index is 15.4. The van der Waals surface area contributed by atoms with Crippen LogP contribution in [-0.4, -0.2) is 0 Å². The third kappa shape index (κ3) is 6.37. The van der Waals surface area contributed by atoms with Crippen molar-refractivity contribution in [2.45, 2.75) is 78.1 Å². The van der Waals surface area contributed by atoms with Gasteiger partial charge in [-0.2, -0.15) is 0 Å². The molecule has 0 aromatic heterocycles. The van der Waals surface area contributed by atoms with E-state index in [9.17, 15) is 8.78 Å². The van der Waals surface area contributed by atoms with Gasteiger partial charge in [0.05, 0.1) is 0 Å². The highest BCUT2D eigenvalue weighted by Crippen LogP contribution is 2.43. The van der Waals surface area contributed by atoms with Gasteiger partial charge in [0.25, 0.3) is 0 Å².